The maximum absolute atomic E-state index is 13.7. The Bertz CT molecular complexity index is 437. The molecule has 108 valence electrons. The molecule has 0 heterocycles. The van der Waals surface area contributed by atoms with E-state index >= 15 is 0 Å². The first-order valence-electron chi connectivity index (χ1n) is 5.81. The van der Waals surface area contributed by atoms with Crippen molar-refractivity contribution in [2.45, 2.75) is 45.6 Å². The molecule has 0 spiro atoms. The van der Waals surface area contributed by atoms with Crippen LogP contribution in [-0.4, -0.2) is 11.9 Å². The van der Waals surface area contributed by atoms with Gasteiger partial charge in [-0.2, -0.15) is 0 Å². The molecule has 0 saturated carbocycles. The Balaban J connectivity index is 2.97. The Morgan fingerprint density at radius 2 is 1.74 bits per heavy atom. The standard InChI is InChI=1S/C13H17F4NO/c1-8(18-12(2,3)4)10-7-9(5-6-11(10)14)19-13(15,16)17/h5-8,18H,1-4H3/t8-/m0/s1. The minimum Gasteiger partial charge on any atom is -0.406 e. The van der Waals surface area contributed by atoms with Crippen LogP contribution in [0.1, 0.15) is 39.3 Å². The van der Waals surface area contributed by atoms with Gasteiger partial charge in [0.05, 0.1) is 0 Å². The number of alkyl halides is 3. The summed E-state index contributed by atoms with van der Waals surface area (Å²) in [6, 6.07) is 2.55. The maximum Gasteiger partial charge on any atom is 0.573 e. The van der Waals surface area contributed by atoms with Crippen molar-refractivity contribution in [1.29, 1.82) is 0 Å². The van der Waals surface area contributed by atoms with E-state index in [1.165, 1.54) is 0 Å². The third-order valence-electron chi connectivity index (χ3n) is 2.32. The lowest BCUT2D eigenvalue weighted by molar-refractivity contribution is -0.274. The minimum absolute atomic E-state index is 0.136. The van der Waals surface area contributed by atoms with Gasteiger partial charge >= 0.3 is 6.36 Å². The highest BCUT2D eigenvalue weighted by atomic mass is 19.4. The molecule has 0 aliphatic carbocycles. The van der Waals surface area contributed by atoms with Crippen molar-refractivity contribution in [2.24, 2.45) is 0 Å². The smallest absolute Gasteiger partial charge is 0.406 e. The van der Waals surface area contributed by atoms with Crippen LogP contribution in [-0.2, 0) is 0 Å². The number of hydrogen-bond acceptors (Lipinski definition) is 2. The number of nitrogens with one attached hydrogen (secondary N) is 1. The van der Waals surface area contributed by atoms with E-state index in [2.05, 4.69) is 10.1 Å². The maximum atomic E-state index is 13.7. The van der Waals surface area contributed by atoms with Crippen LogP contribution in [0.3, 0.4) is 0 Å². The molecule has 1 N–H and O–H groups in total. The van der Waals surface area contributed by atoms with E-state index in [0.29, 0.717) is 0 Å². The van der Waals surface area contributed by atoms with E-state index < -0.39 is 24.0 Å². The number of halogens is 4. The van der Waals surface area contributed by atoms with Crippen molar-refractivity contribution in [3.05, 3.63) is 29.6 Å². The Morgan fingerprint density at radius 3 is 2.21 bits per heavy atom. The van der Waals surface area contributed by atoms with Crippen LogP contribution in [0.2, 0.25) is 0 Å². The SMILES string of the molecule is C[C@H](NC(C)(C)C)c1cc(OC(F)(F)F)ccc1F. The van der Waals surface area contributed by atoms with Crippen molar-refractivity contribution in [2.75, 3.05) is 0 Å². The molecule has 6 heteroatoms. The van der Waals surface area contributed by atoms with E-state index in [-0.39, 0.29) is 11.1 Å². The van der Waals surface area contributed by atoms with Gasteiger partial charge in [0.15, 0.2) is 0 Å². The summed E-state index contributed by atoms with van der Waals surface area (Å²) < 4.78 is 53.8. The van der Waals surface area contributed by atoms with Crippen molar-refractivity contribution < 1.29 is 22.3 Å². The van der Waals surface area contributed by atoms with Crippen molar-refractivity contribution in [3.63, 3.8) is 0 Å². The van der Waals surface area contributed by atoms with Gasteiger partial charge in [0.1, 0.15) is 11.6 Å². The Hall–Kier alpha value is -1.30. The van der Waals surface area contributed by atoms with Crippen LogP contribution in [0.25, 0.3) is 0 Å². The lowest BCUT2D eigenvalue weighted by atomic mass is 10.0. The van der Waals surface area contributed by atoms with Gasteiger partial charge in [0.2, 0.25) is 0 Å². The summed E-state index contributed by atoms with van der Waals surface area (Å²) in [4.78, 5) is 0. The lowest BCUT2D eigenvalue weighted by Gasteiger charge is -2.26. The zero-order chi connectivity index (χ0) is 14.8. The summed E-state index contributed by atoms with van der Waals surface area (Å²) >= 11 is 0. The van der Waals surface area contributed by atoms with E-state index in [1.807, 2.05) is 20.8 Å². The van der Waals surface area contributed by atoms with E-state index in [4.69, 9.17) is 0 Å². The third-order valence-corrected chi connectivity index (χ3v) is 2.32. The van der Waals surface area contributed by atoms with Gasteiger partial charge in [-0.15, -0.1) is 13.2 Å². The molecule has 0 unspecified atom stereocenters. The number of ether oxygens (including phenoxy) is 1. The Labute approximate surface area is 109 Å². The highest BCUT2D eigenvalue weighted by Gasteiger charge is 2.31. The summed E-state index contributed by atoms with van der Waals surface area (Å²) in [6.45, 7) is 7.34. The molecule has 0 aliphatic heterocycles. The molecular weight excluding hydrogens is 262 g/mol. The van der Waals surface area contributed by atoms with Gasteiger partial charge in [-0.3, -0.25) is 0 Å². The summed E-state index contributed by atoms with van der Waals surface area (Å²) in [5, 5.41) is 3.09. The average Bonchev–Trinajstić information content (AvgIpc) is 2.16. The predicted octanol–water partition coefficient (Wildman–Crippen LogP) is 4.17. The zero-order valence-electron chi connectivity index (χ0n) is 11.2. The summed E-state index contributed by atoms with van der Waals surface area (Å²) in [6.07, 6.45) is -4.78. The fraction of sp³-hybridized carbons (Fsp3) is 0.538. The zero-order valence-corrected chi connectivity index (χ0v) is 11.2. The second-order valence-electron chi connectivity index (χ2n) is 5.35. The van der Waals surface area contributed by atoms with Crippen LogP contribution < -0.4 is 10.1 Å². The molecule has 0 amide bonds. The average molecular weight is 279 g/mol. The largest absolute Gasteiger partial charge is 0.573 e. The number of rotatable bonds is 3. The highest BCUT2D eigenvalue weighted by Crippen LogP contribution is 2.28. The molecule has 1 rings (SSSR count). The molecule has 2 nitrogen and oxygen atoms in total. The molecular formula is C13H17F4NO. The van der Waals surface area contributed by atoms with Crippen molar-refractivity contribution in [3.8, 4) is 5.75 Å². The fourth-order valence-electron chi connectivity index (χ4n) is 1.78. The van der Waals surface area contributed by atoms with Gasteiger partial charge in [-0.25, -0.2) is 4.39 Å². The number of benzene rings is 1. The quantitative estimate of drug-likeness (QED) is 0.838. The second-order valence-corrected chi connectivity index (χ2v) is 5.35. The van der Waals surface area contributed by atoms with Gasteiger partial charge in [0.25, 0.3) is 0 Å². The van der Waals surface area contributed by atoms with Crippen molar-refractivity contribution in [1.82, 2.24) is 5.32 Å². The predicted molar refractivity (Wildman–Crippen MR) is 64.4 cm³/mol. The molecule has 0 saturated heterocycles. The first-order valence-corrected chi connectivity index (χ1v) is 5.81. The molecule has 1 atom stereocenters. The molecule has 1 aromatic carbocycles. The minimum atomic E-state index is -4.78. The number of hydrogen-bond donors (Lipinski definition) is 1. The molecule has 0 fully saturated rings. The second kappa shape index (κ2) is 5.36. The summed E-state index contributed by atoms with van der Waals surface area (Å²) in [5.74, 6) is -0.995. The van der Waals surface area contributed by atoms with Gasteiger partial charge in [0, 0.05) is 17.1 Å². The van der Waals surface area contributed by atoms with E-state index in [9.17, 15) is 17.6 Å². The topological polar surface area (TPSA) is 21.3 Å². The monoisotopic (exact) mass is 279 g/mol. The van der Waals surface area contributed by atoms with Crippen molar-refractivity contribution >= 4 is 0 Å². The first-order chi connectivity index (χ1) is 8.48. The highest BCUT2D eigenvalue weighted by molar-refractivity contribution is 5.32. The normalized spacial score (nSPS) is 14.3. The molecule has 0 aromatic heterocycles. The van der Waals surface area contributed by atoms with Gasteiger partial charge < -0.3 is 10.1 Å². The molecule has 1 aromatic rings. The van der Waals surface area contributed by atoms with Crippen LogP contribution in [0.4, 0.5) is 17.6 Å². The third kappa shape index (κ3) is 5.46. The van der Waals surface area contributed by atoms with Crippen LogP contribution in [0, 0.1) is 5.82 Å². The molecule has 19 heavy (non-hydrogen) atoms. The van der Waals surface area contributed by atoms with Gasteiger partial charge in [-0.05, 0) is 45.9 Å². The van der Waals surface area contributed by atoms with Crippen LogP contribution >= 0.6 is 0 Å². The lowest BCUT2D eigenvalue weighted by Crippen LogP contribution is -2.38. The van der Waals surface area contributed by atoms with E-state index in [0.717, 1.165) is 18.2 Å². The van der Waals surface area contributed by atoms with E-state index in [1.54, 1.807) is 6.92 Å². The Morgan fingerprint density at radius 1 is 1.16 bits per heavy atom. The molecule has 0 radical (unpaired) electrons. The van der Waals surface area contributed by atoms with Gasteiger partial charge in [-0.1, -0.05) is 0 Å². The van der Waals surface area contributed by atoms with Crippen LogP contribution in [0.5, 0.6) is 5.75 Å². The molecule has 0 aliphatic rings. The Kier molecular flexibility index (Phi) is 4.45. The summed E-state index contributed by atoms with van der Waals surface area (Å²) in [5.41, 5.74) is -0.149. The summed E-state index contributed by atoms with van der Waals surface area (Å²) in [7, 11) is 0. The molecule has 0 bridgehead atoms. The fourth-order valence-corrected chi connectivity index (χ4v) is 1.78. The van der Waals surface area contributed by atoms with Crippen LogP contribution in [0.15, 0.2) is 18.2 Å². The first kappa shape index (κ1) is 15.8.